The molecule has 0 heterocycles. The van der Waals surface area contributed by atoms with Gasteiger partial charge in [-0.05, 0) is 30.9 Å². The van der Waals surface area contributed by atoms with E-state index in [1.165, 1.54) is 12.1 Å². The molecule has 1 aliphatic rings. The first-order valence-electron chi connectivity index (χ1n) is 6.31. The van der Waals surface area contributed by atoms with E-state index in [4.69, 9.17) is 5.73 Å². The summed E-state index contributed by atoms with van der Waals surface area (Å²) in [7, 11) is -4.03. The van der Waals surface area contributed by atoms with E-state index in [2.05, 4.69) is 0 Å². The molecule has 1 aromatic carbocycles. The molecular weight excluding hydrogens is 291 g/mol. The van der Waals surface area contributed by atoms with Crippen molar-refractivity contribution in [3.8, 4) is 0 Å². The van der Waals surface area contributed by atoms with E-state index in [-0.39, 0.29) is 12.0 Å². The van der Waals surface area contributed by atoms with Crippen LogP contribution in [-0.2, 0) is 16.0 Å². The third-order valence-corrected chi connectivity index (χ3v) is 6.38. The molecule has 112 valence electrons. The molecule has 0 amide bonds. The predicted octanol–water partition coefficient (Wildman–Crippen LogP) is 2.60. The van der Waals surface area contributed by atoms with Crippen molar-refractivity contribution in [3.05, 3.63) is 29.8 Å². The Morgan fingerprint density at radius 2 is 1.80 bits per heavy atom. The lowest BCUT2D eigenvalue weighted by atomic mass is 10.1. The highest BCUT2D eigenvalue weighted by Crippen LogP contribution is 2.39. The molecule has 1 fully saturated rings. The topological polar surface area (TPSA) is 60.2 Å². The van der Waals surface area contributed by atoms with E-state index in [1.54, 1.807) is 6.92 Å². The second-order valence-corrected chi connectivity index (χ2v) is 7.31. The van der Waals surface area contributed by atoms with Crippen LogP contribution in [-0.4, -0.2) is 19.7 Å². The number of hydrogen-bond donors (Lipinski definition) is 1. The molecule has 2 rings (SSSR count). The fourth-order valence-electron chi connectivity index (χ4n) is 2.71. The summed E-state index contributed by atoms with van der Waals surface area (Å²) in [6.07, 6.45) is -3.87. The van der Waals surface area contributed by atoms with E-state index in [0.29, 0.717) is 12.8 Å². The molecular formula is C13H16F3NO2S. The quantitative estimate of drug-likeness (QED) is 0.913. The molecule has 0 aromatic heterocycles. The van der Waals surface area contributed by atoms with Gasteiger partial charge in [-0.3, -0.25) is 0 Å². The molecule has 3 unspecified atom stereocenters. The highest BCUT2D eigenvalue weighted by molar-refractivity contribution is 7.92. The van der Waals surface area contributed by atoms with E-state index < -0.39 is 31.7 Å². The molecule has 7 heteroatoms. The number of sulfone groups is 1. The summed E-state index contributed by atoms with van der Waals surface area (Å²) >= 11 is 0. The fourth-order valence-corrected chi connectivity index (χ4v) is 5.01. The van der Waals surface area contributed by atoms with Crippen LogP contribution in [0.2, 0.25) is 0 Å². The molecule has 3 nitrogen and oxygen atoms in total. The molecule has 3 atom stereocenters. The summed E-state index contributed by atoms with van der Waals surface area (Å²) in [5, 5.41) is -0.846. The lowest BCUT2D eigenvalue weighted by molar-refractivity contribution is -0.139. The molecule has 2 N–H and O–H groups in total. The largest absolute Gasteiger partial charge is 0.417 e. The van der Waals surface area contributed by atoms with Crippen LogP contribution in [0.1, 0.15) is 25.3 Å². The third-order valence-electron chi connectivity index (χ3n) is 3.94. The summed E-state index contributed by atoms with van der Waals surface area (Å²) in [6.45, 7) is 1.68. The van der Waals surface area contributed by atoms with Gasteiger partial charge in [-0.2, -0.15) is 13.2 Å². The highest BCUT2D eigenvalue weighted by Gasteiger charge is 2.44. The van der Waals surface area contributed by atoms with Gasteiger partial charge >= 0.3 is 6.18 Å². The number of halogens is 3. The first kappa shape index (κ1) is 15.3. The number of alkyl halides is 3. The zero-order valence-electron chi connectivity index (χ0n) is 10.9. The SMILES string of the molecule is CC1C(N)CCC1S(=O)(=O)c1ccccc1C(F)(F)F. The lowest BCUT2D eigenvalue weighted by Gasteiger charge is -2.21. The minimum absolute atomic E-state index is 0.284. The van der Waals surface area contributed by atoms with Crippen molar-refractivity contribution in [2.24, 2.45) is 11.7 Å². The van der Waals surface area contributed by atoms with Gasteiger partial charge in [0.25, 0.3) is 0 Å². The third kappa shape index (κ3) is 2.56. The van der Waals surface area contributed by atoms with Crippen LogP contribution < -0.4 is 5.73 Å². The van der Waals surface area contributed by atoms with Gasteiger partial charge in [0.05, 0.1) is 15.7 Å². The Bertz CT molecular complexity index is 598. The average Bonchev–Trinajstić information content (AvgIpc) is 2.69. The van der Waals surface area contributed by atoms with Gasteiger partial charge in [-0.1, -0.05) is 19.1 Å². The van der Waals surface area contributed by atoms with E-state index in [0.717, 1.165) is 12.1 Å². The lowest BCUT2D eigenvalue weighted by Crippen LogP contribution is -2.33. The second kappa shape index (κ2) is 5.04. The Labute approximate surface area is 115 Å². The first-order valence-corrected chi connectivity index (χ1v) is 7.86. The zero-order valence-corrected chi connectivity index (χ0v) is 11.7. The Hall–Kier alpha value is -1.08. The highest BCUT2D eigenvalue weighted by atomic mass is 32.2. The van der Waals surface area contributed by atoms with Gasteiger partial charge in [0.15, 0.2) is 9.84 Å². The van der Waals surface area contributed by atoms with Crippen molar-refractivity contribution in [2.75, 3.05) is 0 Å². The van der Waals surface area contributed by atoms with Gasteiger partial charge in [0, 0.05) is 6.04 Å². The summed E-state index contributed by atoms with van der Waals surface area (Å²) < 4.78 is 63.9. The van der Waals surface area contributed by atoms with E-state index in [1.807, 2.05) is 0 Å². The normalized spacial score (nSPS) is 27.8. The van der Waals surface area contributed by atoms with Crippen LogP contribution in [0.5, 0.6) is 0 Å². The van der Waals surface area contributed by atoms with Gasteiger partial charge in [0.1, 0.15) is 0 Å². The van der Waals surface area contributed by atoms with Crippen molar-refractivity contribution in [3.63, 3.8) is 0 Å². The van der Waals surface area contributed by atoms with E-state index in [9.17, 15) is 21.6 Å². The molecule has 0 spiro atoms. The van der Waals surface area contributed by atoms with Crippen LogP contribution in [0, 0.1) is 5.92 Å². The maximum atomic E-state index is 13.0. The number of nitrogens with two attached hydrogens (primary N) is 1. The minimum atomic E-state index is -4.69. The van der Waals surface area contributed by atoms with Crippen molar-refractivity contribution in [1.82, 2.24) is 0 Å². The van der Waals surface area contributed by atoms with Gasteiger partial charge in [-0.25, -0.2) is 8.42 Å². The maximum Gasteiger partial charge on any atom is 0.417 e. The van der Waals surface area contributed by atoms with Crippen LogP contribution >= 0.6 is 0 Å². The molecule has 0 saturated heterocycles. The zero-order chi connectivity index (χ0) is 15.1. The average molecular weight is 307 g/mol. The summed E-state index contributed by atoms with van der Waals surface area (Å²) in [4.78, 5) is -0.640. The standard InChI is InChI=1S/C13H16F3NO2S/c1-8-10(17)6-7-11(8)20(18,19)12-5-3-2-4-9(12)13(14,15)16/h2-5,8,10-11H,6-7,17H2,1H3. The fraction of sp³-hybridized carbons (Fsp3) is 0.538. The van der Waals surface area contributed by atoms with Crippen molar-refractivity contribution in [1.29, 1.82) is 0 Å². The van der Waals surface area contributed by atoms with Crippen LogP contribution in [0.3, 0.4) is 0 Å². The monoisotopic (exact) mass is 307 g/mol. The predicted molar refractivity (Wildman–Crippen MR) is 68.8 cm³/mol. The molecule has 0 bridgehead atoms. The Kier molecular flexibility index (Phi) is 3.85. The van der Waals surface area contributed by atoms with Crippen LogP contribution in [0.15, 0.2) is 29.2 Å². The Morgan fingerprint density at radius 1 is 1.20 bits per heavy atom. The van der Waals surface area contributed by atoms with Gasteiger partial charge in [-0.15, -0.1) is 0 Å². The number of hydrogen-bond acceptors (Lipinski definition) is 3. The second-order valence-electron chi connectivity index (χ2n) is 5.18. The summed E-state index contributed by atoms with van der Waals surface area (Å²) in [6, 6.07) is 4.03. The molecule has 20 heavy (non-hydrogen) atoms. The van der Waals surface area contributed by atoms with Gasteiger partial charge in [0.2, 0.25) is 0 Å². The Morgan fingerprint density at radius 3 is 2.30 bits per heavy atom. The molecule has 1 saturated carbocycles. The summed E-state index contributed by atoms with van der Waals surface area (Å²) in [5.74, 6) is -0.346. The molecule has 1 aliphatic carbocycles. The molecule has 1 aromatic rings. The van der Waals surface area contributed by atoms with Crippen LogP contribution in [0.4, 0.5) is 13.2 Å². The first-order chi connectivity index (χ1) is 9.15. The van der Waals surface area contributed by atoms with Gasteiger partial charge < -0.3 is 5.73 Å². The van der Waals surface area contributed by atoms with Crippen molar-refractivity contribution >= 4 is 9.84 Å². The van der Waals surface area contributed by atoms with Crippen LogP contribution in [0.25, 0.3) is 0 Å². The molecule has 0 aliphatic heterocycles. The Balaban J connectivity index is 2.51. The number of benzene rings is 1. The maximum absolute atomic E-state index is 13.0. The van der Waals surface area contributed by atoms with Crippen molar-refractivity contribution < 1.29 is 21.6 Å². The van der Waals surface area contributed by atoms with E-state index >= 15 is 0 Å². The number of rotatable bonds is 2. The minimum Gasteiger partial charge on any atom is -0.327 e. The van der Waals surface area contributed by atoms with Crippen molar-refractivity contribution in [2.45, 2.75) is 42.1 Å². The smallest absolute Gasteiger partial charge is 0.327 e. The molecule has 0 radical (unpaired) electrons. The summed E-state index contributed by atoms with van der Waals surface area (Å²) in [5.41, 5.74) is 4.68.